The van der Waals surface area contributed by atoms with Crippen LogP contribution in [0.25, 0.3) is 6.08 Å². The Bertz CT molecular complexity index is 503. The van der Waals surface area contributed by atoms with Crippen LogP contribution in [0.2, 0.25) is 0 Å². The van der Waals surface area contributed by atoms with Crippen LogP contribution in [0.5, 0.6) is 0 Å². The summed E-state index contributed by atoms with van der Waals surface area (Å²) in [6, 6.07) is 8.79. The van der Waals surface area contributed by atoms with Gasteiger partial charge in [0.05, 0.1) is 0 Å². The molecule has 0 aromatic heterocycles. The third-order valence-corrected chi connectivity index (χ3v) is 4.02. The maximum Gasteiger partial charge on any atom is -0.00640 e. The van der Waals surface area contributed by atoms with E-state index in [1.54, 1.807) is 0 Å². The molecule has 2 aliphatic rings. The van der Waals surface area contributed by atoms with E-state index in [1.807, 2.05) is 0 Å². The molecule has 86 valence electrons. The van der Waals surface area contributed by atoms with Gasteiger partial charge in [-0.15, -0.1) is 0 Å². The predicted molar refractivity (Wildman–Crippen MR) is 73.8 cm³/mol. The van der Waals surface area contributed by atoms with Crippen molar-refractivity contribution in [2.45, 2.75) is 25.7 Å². The normalized spacial score (nSPS) is 26.5. The Morgan fingerprint density at radius 3 is 2.88 bits per heavy atom. The first-order valence-corrected chi connectivity index (χ1v) is 6.48. The van der Waals surface area contributed by atoms with Crippen molar-refractivity contribution >= 4 is 6.08 Å². The summed E-state index contributed by atoms with van der Waals surface area (Å²) in [6.45, 7) is 2.36. The van der Waals surface area contributed by atoms with Crippen molar-refractivity contribution in [1.29, 1.82) is 0 Å². The number of allylic oxidation sites excluding steroid dienone is 5. The molecule has 0 nitrogen and oxygen atoms in total. The lowest BCUT2D eigenvalue weighted by Gasteiger charge is -2.23. The Balaban J connectivity index is 2.10. The van der Waals surface area contributed by atoms with Crippen LogP contribution in [0.3, 0.4) is 0 Å². The molecule has 0 spiro atoms. The van der Waals surface area contributed by atoms with E-state index in [0.717, 1.165) is 6.42 Å². The highest BCUT2D eigenvalue weighted by Crippen LogP contribution is 2.39. The molecule has 0 heteroatoms. The number of hydrogen-bond donors (Lipinski definition) is 0. The minimum absolute atomic E-state index is 0.607. The first-order chi connectivity index (χ1) is 8.36. The highest BCUT2D eigenvalue weighted by Gasteiger charge is 2.24. The van der Waals surface area contributed by atoms with Gasteiger partial charge in [-0.2, -0.15) is 0 Å². The van der Waals surface area contributed by atoms with E-state index < -0.39 is 0 Å². The second kappa shape index (κ2) is 4.37. The van der Waals surface area contributed by atoms with E-state index in [0.29, 0.717) is 11.8 Å². The van der Waals surface area contributed by atoms with Gasteiger partial charge < -0.3 is 0 Å². The highest BCUT2D eigenvalue weighted by atomic mass is 14.3. The van der Waals surface area contributed by atoms with Crippen molar-refractivity contribution in [3.8, 4) is 0 Å². The molecule has 0 heterocycles. The Morgan fingerprint density at radius 1 is 1.06 bits per heavy atom. The SMILES string of the molecule is CC1c2ccccc2C=CC2=CCC=CCC21. The third-order valence-electron chi connectivity index (χ3n) is 4.02. The van der Waals surface area contributed by atoms with Crippen LogP contribution in [0.1, 0.15) is 36.8 Å². The van der Waals surface area contributed by atoms with Crippen LogP contribution >= 0.6 is 0 Å². The quantitative estimate of drug-likeness (QED) is 0.558. The maximum absolute atomic E-state index is 2.38. The van der Waals surface area contributed by atoms with Crippen molar-refractivity contribution < 1.29 is 0 Å². The molecule has 0 saturated carbocycles. The number of rotatable bonds is 0. The molecule has 2 aliphatic carbocycles. The molecule has 0 bridgehead atoms. The molecule has 0 aliphatic heterocycles. The largest absolute Gasteiger partial charge is 0.0876 e. The monoisotopic (exact) mass is 222 g/mol. The van der Waals surface area contributed by atoms with Crippen LogP contribution in [0.15, 0.2) is 54.1 Å². The summed E-state index contributed by atoms with van der Waals surface area (Å²) in [6.07, 6.45) is 13.9. The topological polar surface area (TPSA) is 0 Å². The molecule has 0 radical (unpaired) electrons. The van der Waals surface area contributed by atoms with Crippen molar-refractivity contribution in [2.24, 2.45) is 5.92 Å². The Hall–Kier alpha value is -1.56. The third kappa shape index (κ3) is 1.88. The molecule has 1 aromatic carbocycles. The van der Waals surface area contributed by atoms with Gasteiger partial charge in [-0.25, -0.2) is 0 Å². The zero-order valence-electron chi connectivity index (χ0n) is 10.3. The molecule has 0 fully saturated rings. The summed E-state index contributed by atoms with van der Waals surface area (Å²) in [5.41, 5.74) is 4.39. The summed E-state index contributed by atoms with van der Waals surface area (Å²) in [5.74, 6) is 1.25. The van der Waals surface area contributed by atoms with Gasteiger partial charge >= 0.3 is 0 Å². The Labute approximate surface area is 103 Å². The van der Waals surface area contributed by atoms with Crippen molar-refractivity contribution in [2.75, 3.05) is 0 Å². The molecular weight excluding hydrogens is 204 g/mol. The molecule has 1 aromatic rings. The summed E-state index contributed by atoms with van der Waals surface area (Å²) >= 11 is 0. The van der Waals surface area contributed by atoms with E-state index in [4.69, 9.17) is 0 Å². The first kappa shape index (κ1) is 10.6. The molecule has 0 N–H and O–H groups in total. The molecule has 0 amide bonds. The highest BCUT2D eigenvalue weighted by molar-refractivity contribution is 5.60. The Kier molecular flexibility index (Phi) is 2.72. The van der Waals surface area contributed by atoms with Crippen LogP contribution in [0, 0.1) is 5.92 Å². The van der Waals surface area contributed by atoms with Gasteiger partial charge in [-0.1, -0.05) is 61.6 Å². The summed E-state index contributed by atoms with van der Waals surface area (Å²) in [5, 5.41) is 0. The van der Waals surface area contributed by atoms with Gasteiger partial charge in [0, 0.05) is 0 Å². The van der Waals surface area contributed by atoms with E-state index >= 15 is 0 Å². The van der Waals surface area contributed by atoms with Gasteiger partial charge in [-0.05, 0) is 41.4 Å². The first-order valence-electron chi connectivity index (χ1n) is 6.48. The maximum atomic E-state index is 2.38. The lowest BCUT2D eigenvalue weighted by atomic mass is 9.81. The minimum atomic E-state index is 0.607. The number of benzene rings is 1. The summed E-state index contributed by atoms with van der Waals surface area (Å²) in [7, 11) is 0. The van der Waals surface area contributed by atoms with Crippen molar-refractivity contribution in [3.63, 3.8) is 0 Å². The van der Waals surface area contributed by atoms with E-state index in [2.05, 4.69) is 61.6 Å². The molecular formula is C17H18. The minimum Gasteiger partial charge on any atom is -0.0876 e. The molecule has 2 atom stereocenters. The molecule has 2 unspecified atom stereocenters. The van der Waals surface area contributed by atoms with Gasteiger partial charge in [0.25, 0.3) is 0 Å². The van der Waals surface area contributed by atoms with Gasteiger partial charge in [0.1, 0.15) is 0 Å². The number of hydrogen-bond acceptors (Lipinski definition) is 0. The lowest BCUT2D eigenvalue weighted by molar-refractivity contribution is 0.532. The van der Waals surface area contributed by atoms with Gasteiger partial charge in [0.15, 0.2) is 0 Å². The number of fused-ring (bicyclic) bond motifs is 2. The zero-order valence-corrected chi connectivity index (χ0v) is 10.3. The van der Waals surface area contributed by atoms with E-state index in [-0.39, 0.29) is 0 Å². The van der Waals surface area contributed by atoms with Gasteiger partial charge in [-0.3, -0.25) is 0 Å². The van der Waals surface area contributed by atoms with Crippen molar-refractivity contribution in [1.82, 2.24) is 0 Å². The molecule has 0 saturated heterocycles. The summed E-state index contributed by atoms with van der Waals surface area (Å²) < 4.78 is 0. The van der Waals surface area contributed by atoms with E-state index in [9.17, 15) is 0 Å². The van der Waals surface area contributed by atoms with Crippen LogP contribution < -0.4 is 0 Å². The second-order valence-electron chi connectivity index (χ2n) is 5.00. The van der Waals surface area contributed by atoms with Gasteiger partial charge in [0.2, 0.25) is 0 Å². The average Bonchev–Trinajstić information content (AvgIpc) is 2.66. The fraction of sp³-hybridized carbons (Fsp3) is 0.294. The Morgan fingerprint density at radius 2 is 1.94 bits per heavy atom. The molecule has 3 rings (SSSR count). The average molecular weight is 222 g/mol. The fourth-order valence-electron chi connectivity index (χ4n) is 3.00. The zero-order chi connectivity index (χ0) is 11.7. The lowest BCUT2D eigenvalue weighted by Crippen LogP contribution is -2.10. The van der Waals surface area contributed by atoms with Crippen LogP contribution in [-0.4, -0.2) is 0 Å². The van der Waals surface area contributed by atoms with Crippen molar-refractivity contribution in [3.05, 3.63) is 65.3 Å². The van der Waals surface area contributed by atoms with Crippen LogP contribution in [-0.2, 0) is 0 Å². The standard InChI is InChI=1S/C17H18/c1-13-16-9-4-2-3-7-14(16)11-12-15-8-5-6-10-17(13)15/h2,4-8,10-13,16H,3,9H2,1H3. The smallest absolute Gasteiger partial charge is 0.00640 e. The van der Waals surface area contributed by atoms with E-state index in [1.165, 1.54) is 23.1 Å². The molecule has 17 heavy (non-hydrogen) atoms. The fourth-order valence-corrected chi connectivity index (χ4v) is 3.00. The summed E-state index contributed by atoms with van der Waals surface area (Å²) in [4.78, 5) is 0. The second-order valence-corrected chi connectivity index (χ2v) is 5.00. The van der Waals surface area contributed by atoms with Crippen LogP contribution in [0.4, 0.5) is 0 Å². The predicted octanol–water partition coefficient (Wildman–Crippen LogP) is 4.71.